The van der Waals surface area contributed by atoms with Crippen LogP contribution in [0, 0.1) is 0 Å². The summed E-state index contributed by atoms with van der Waals surface area (Å²) >= 11 is 0. The van der Waals surface area contributed by atoms with Crippen molar-refractivity contribution in [2.75, 3.05) is 20.8 Å². The van der Waals surface area contributed by atoms with E-state index in [-0.39, 0.29) is 11.5 Å². The number of ether oxygens (including phenoxy) is 2. The first kappa shape index (κ1) is 19.4. The summed E-state index contributed by atoms with van der Waals surface area (Å²) in [5.41, 5.74) is 2.49. The molecule has 8 nitrogen and oxygen atoms in total. The average molecular weight is 382 g/mol. The number of rotatable bonds is 8. The minimum atomic E-state index is -0.110. The van der Waals surface area contributed by atoms with Crippen LogP contribution in [0.25, 0.3) is 28.3 Å². The molecule has 0 bridgehead atoms. The molecule has 2 aromatic carbocycles. The molecular formula is C20H22N4O4. The Hall–Kier alpha value is -3.39. The van der Waals surface area contributed by atoms with Gasteiger partial charge >= 0.3 is 0 Å². The Bertz CT molecular complexity index is 984. The molecule has 0 aliphatic carbocycles. The summed E-state index contributed by atoms with van der Waals surface area (Å²) < 4.78 is 11.8. The Morgan fingerprint density at radius 1 is 1.11 bits per heavy atom. The number of nitrogens with zero attached hydrogens (tertiary/aromatic N) is 4. The van der Waals surface area contributed by atoms with E-state index in [2.05, 4.69) is 22.1 Å². The molecule has 3 aromatic rings. The van der Waals surface area contributed by atoms with Crippen molar-refractivity contribution in [3.05, 3.63) is 48.5 Å². The number of hydrogen-bond acceptors (Lipinski definition) is 7. The first-order chi connectivity index (χ1) is 13.5. The van der Waals surface area contributed by atoms with Gasteiger partial charge in [0.15, 0.2) is 5.82 Å². The van der Waals surface area contributed by atoms with Crippen LogP contribution in [0.3, 0.4) is 0 Å². The minimum Gasteiger partial charge on any atom is -0.507 e. The van der Waals surface area contributed by atoms with Crippen LogP contribution in [0.5, 0.6) is 11.5 Å². The second kappa shape index (κ2) is 8.53. The molecule has 0 aliphatic rings. The van der Waals surface area contributed by atoms with Crippen LogP contribution in [0.4, 0.5) is 0 Å². The summed E-state index contributed by atoms with van der Waals surface area (Å²) in [6.45, 7) is 4.96. The van der Waals surface area contributed by atoms with Gasteiger partial charge in [0, 0.05) is 37.5 Å². The standard InChI is InChI=1S/C20H22N4O4/c1-13(28-3)14-6-4-7-15(10-14)16-11-17(19(26)12-18(16)25)20-21-22-23-24(20)8-5-9-27-2/h4,6-7,10-12,25-26H,1,5,8-9H2,2-3H3. The molecule has 28 heavy (non-hydrogen) atoms. The van der Waals surface area contributed by atoms with Crippen molar-refractivity contribution in [2.45, 2.75) is 13.0 Å². The predicted octanol–water partition coefficient (Wildman–Crippen LogP) is 3.07. The molecule has 146 valence electrons. The maximum absolute atomic E-state index is 10.4. The third kappa shape index (κ3) is 3.96. The number of aromatic nitrogens is 4. The van der Waals surface area contributed by atoms with E-state index in [1.807, 2.05) is 24.3 Å². The van der Waals surface area contributed by atoms with Gasteiger partial charge in [-0.3, -0.25) is 0 Å². The molecular weight excluding hydrogens is 360 g/mol. The Morgan fingerprint density at radius 3 is 2.64 bits per heavy atom. The van der Waals surface area contributed by atoms with Gasteiger partial charge in [0.05, 0.1) is 12.7 Å². The Kier molecular flexibility index (Phi) is 5.90. The van der Waals surface area contributed by atoms with Gasteiger partial charge in [-0.05, 0) is 34.5 Å². The van der Waals surface area contributed by atoms with Gasteiger partial charge in [0.25, 0.3) is 0 Å². The molecule has 3 rings (SSSR count). The summed E-state index contributed by atoms with van der Waals surface area (Å²) in [6.07, 6.45) is 0.724. The first-order valence-corrected chi connectivity index (χ1v) is 8.70. The number of aromatic hydroxyl groups is 2. The Morgan fingerprint density at radius 2 is 1.89 bits per heavy atom. The SMILES string of the molecule is C=C(OC)c1cccc(-c2cc(-c3nnnn3CCCOC)c(O)cc2O)c1. The highest BCUT2D eigenvalue weighted by Crippen LogP contribution is 2.39. The Labute approximate surface area is 162 Å². The fraction of sp³-hybridized carbons (Fsp3) is 0.250. The summed E-state index contributed by atoms with van der Waals surface area (Å²) in [5.74, 6) is 0.760. The molecule has 0 saturated heterocycles. The second-order valence-corrected chi connectivity index (χ2v) is 6.17. The maximum Gasteiger partial charge on any atom is 0.185 e. The lowest BCUT2D eigenvalue weighted by Gasteiger charge is -2.12. The normalized spacial score (nSPS) is 10.8. The lowest BCUT2D eigenvalue weighted by molar-refractivity contribution is 0.189. The monoisotopic (exact) mass is 382 g/mol. The number of phenolic OH excluding ortho intramolecular Hbond substituents is 2. The molecule has 0 atom stereocenters. The van der Waals surface area contributed by atoms with Crippen molar-refractivity contribution < 1.29 is 19.7 Å². The van der Waals surface area contributed by atoms with E-state index in [0.29, 0.717) is 35.9 Å². The number of methoxy groups -OCH3 is 2. The third-order valence-electron chi connectivity index (χ3n) is 4.35. The average Bonchev–Trinajstić information content (AvgIpc) is 3.16. The lowest BCUT2D eigenvalue weighted by atomic mass is 9.98. The van der Waals surface area contributed by atoms with Gasteiger partial charge in [-0.1, -0.05) is 24.8 Å². The van der Waals surface area contributed by atoms with E-state index in [0.717, 1.165) is 17.5 Å². The molecule has 1 aromatic heterocycles. The molecule has 8 heteroatoms. The molecule has 1 heterocycles. The van der Waals surface area contributed by atoms with Crippen molar-refractivity contribution >= 4 is 5.76 Å². The smallest absolute Gasteiger partial charge is 0.185 e. The Balaban J connectivity index is 2.03. The van der Waals surface area contributed by atoms with Crippen LogP contribution in [0.2, 0.25) is 0 Å². The minimum absolute atomic E-state index is 0.0557. The summed E-state index contributed by atoms with van der Waals surface area (Å²) in [7, 11) is 3.18. The zero-order valence-electron chi connectivity index (χ0n) is 15.8. The largest absolute Gasteiger partial charge is 0.507 e. The van der Waals surface area contributed by atoms with Crippen LogP contribution in [0.1, 0.15) is 12.0 Å². The lowest BCUT2D eigenvalue weighted by Crippen LogP contribution is -2.05. The number of phenols is 2. The fourth-order valence-corrected chi connectivity index (χ4v) is 2.87. The van der Waals surface area contributed by atoms with Crippen LogP contribution < -0.4 is 0 Å². The zero-order chi connectivity index (χ0) is 20.1. The number of tetrazole rings is 1. The van der Waals surface area contributed by atoms with Crippen molar-refractivity contribution in [3.8, 4) is 34.0 Å². The summed E-state index contributed by atoms with van der Waals surface area (Å²) in [6, 6.07) is 10.4. The number of hydrogen-bond donors (Lipinski definition) is 2. The fourth-order valence-electron chi connectivity index (χ4n) is 2.87. The highest BCUT2D eigenvalue weighted by Gasteiger charge is 2.17. The van der Waals surface area contributed by atoms with E-state index in [9.17, 15) is 10.2 Å². The third-order valence-corrected chi connectivity index (χ3v) is 4.35. The van der Waals surface area contributed by atoms with Gasteiger partial charge in [-0.25, -0.2) is 4.68 Å². The van der Waals surface area contributed by atoms with Crippen molar-refractivity contribution in [1.82, 2.24) is 20.2 Å². The molecule has 0 amide bonds. The number of benzene rings is 2. The van der Waals surface area contributed by atoms with E-state index < -0.39 is 0 Å². The second-order valence-electron chi connectivity index (χ2n) is 6.17. The molecule has 0 aliphatic heterocycles. The van der Waals surface area contributed by atoms with Gasteiger partial charge < -0.3 is 19.7 Å². The molecule has 0 fully saturated rings. The summed E-state index contributed by atoms with van der Waals surface area (Å²) in [4.78, 5) is 0. The van der Waals surface area contributed by atoms with Crippen LogP contribution in [-0.4, -0.2) is 51.2 Å². The van der Waals surface area contributed by atoms with Crippen molar-refractivity contribution in [1.29, 1.82) is 0 Å². The quantitative estimate of drug-likeness (QED) is 0.456. The van der Waals surface area contributed by atoms with Crippen LogP contribution in [0.15, 0.2) is 43.0 Å². The van der Waals surface area contributed by atoms with E-state index in [1.165, 1.54) is 6.07 Å². The van der Waals surface area contributed by atoms with Crippen molar-refractivity contribution in [3.63, 3.8) is 0 Å². The van der Waals surface area contributed by atoms with E-state index in [4.69, 9.17) is 9.47 Å². The molecule has 0 saturated carbocycles. The zero-order valence-corrected chi connectivity index (χ0v) is 15.8. The number of aryl methyl sites for hydroxylation is 1. The predicted molar refractivity (Wildman–Crippen MR) is 105 cm³/mol. The van der Waals surface area contributed by atoms with Crippen LogP contribution >= 0.6 is 0 Å². The summed E-state index contributed by atoms with van der Waals surface area (Å²) in [5, 5.41) is 32.5. The first-order valence-electron chi connectivity index (χ1n) is 8.70. The molecule has 0 unspecified atom stereocenters. The van der Waals surface area contributed by atoms with Crippen LogP contribution in [-0.2, 0) is 16.0 Å². The topological polar surface area (TPSA) is 103 Å². The highest BCUT2D eigenvalue weighted by molar-refractivity contribution is 5.80. The molecule has 0 radical (unpaired) electrons. The van der Waals surface area contributed by atoms with Gasteiger partial charge in [-0.15, -0.1) is 5.10 Å². The van der Waals surface area contributed by atoms with Gasteiger partial charge in [0.2, 0.25) is 0 Å². The van der Waals surface area contributed by atoms with Gasteiger partial charge in [0.1, 0.15) is 17.3 Å². The molecule has 2 N–H and O–H groups in total. The highest BCUT2D eigenvalue weighted by atomic mass is 16.5. The van der Waals surface area contributed by atoms with Crippen molar-refractivity contribution in [2.24, 2.45) is 0 Å². The van der Waals surface area contributed by atoms with E-state index >= 15 is 0 Å². The van der Waals surface area contributed by atoms with E-state index in [1.54, 1.807) is 25.0 Å². The maximum atomic E-state index is 10.4. The molecule has 0 spiro atoms. The van der Waals surface area contributed by atoms with Gasteiger partial charge in [-0.2, -0.15) is 0 Å².